The van der Waals surface area contributed by atoms with E-state index in [1.807, 2.05) is 72.8 Å². The van der Waals surface area contributed by atoms with Crippen LogP contribution in [0.15, 0.2) is 279 Å². The molecule has 2 heterocycles. The third-order valence-electron chi connectivity index (χ3n) is 15.8. The molecule has 390 valence electrons. The number of anilines is 6. The van der Waals surface area contributed by atoms with E-state index in [9.17, 15) is 21.0 Å². The summed E-state index contributed by atoms with van der Waals surface area (Å²) in [5.74, 6) is 0. The molecular formula is C76H46N8. The van der Waals surface area contributed by atoms with Gasteiger partial charge in [0.15, 0.2) is 0 Å². The summed E-state index contributed by atoms with van der Waals surface area (Å²) in [7, 11) is 0. The van der Waals surface area contributed by atoms with E-state index in [1.165, 1.54) is 0 Å². The van der Waals surface area contributed by atoms with Gasteiger partial charge in [0.2, 0.25) is 0 Å². The number of benzene rings is 12. The largest absolute Gasteiger partial charge is 0.310 e. The Morgan fingerprint density at radius 3 is 0.869 bits per heavy atom. The highest BCUT2D eigenvalue weighted by Crippen LogP contribution is 2.53. The van der Waals surface area contributed by atoms with Crippen LogP contribution in [0.4, 0.5) is 34.1 Å². The molecule has 0 saturated heterocycles. The fraction of sp³-hybridized carbons (Fsp3) is 0. The van der Waals surface area contributed by atoms with Crippen molar-refractivity contribution in [2.75, 3.05) is 9.80 Å². The first-order valence-corrected chi connectivity index (χ1v) is 27.6. The van der Waals surface area contributed by atoms with Gasteiger partial charge in [-0.3, -0.25) is 0 Å². The molecule has 0 amide bonds. The van der Waals surface area contributed by atoms with Gasteiger partial charge in [-0.2, -0.15) is 21.0 Å². The minimum absolute atomic E-state index is 0.385. The lowest BCUT2D eigenvalue weighted by Gasteiger charge is -2.28. The second kappa shape index (κ2) is 21.1. The molecule has 8 heteroatoms. The summed E-state index contributed by atoms with van der Waals surface area (Å²) in [6.07, 6.45) is 0. The summed E-state index contributed by atoms with van der Waals surface area (Å²) in [5, 5.41) is 47.2. The van der Waals surface area contributed by atoms with Gasteiger partial charge in [-0.05, 0) is 150 Å². The second-order valence-electron chi connectivity index (χ2n) is 20.5. The molecule has 14 rings (SSSR count). The maximum atomic E-state index is 12.4. The Morgan fingerprint density at radius 1 is 0.250 bits per heavy atom. The van der Waals surface area contributed by atoms with E-state index in [0.717, 1.165) is 100 Å². The van der Waals surface area contributed by atoms with Crippen molar-refractivity contribution in [3.05, 3.63) is 301 Å². The van der Waals surface area contributed by atoms with Gasteiger partial charge >= 0.3 is 0 Å². The van der Waals surface area contributed by atoms with Crippen LogP contribution in [0.3, 0.4) is 0 Å². The van der Waals surface area contributed by atoms with E-state index >= 15 is 0 Å². The average Bonchev–Trinajstić information content (AvgIpc) is 2.80. The first-order chi connectivity index (χ1) is 41.5. The summed E-state index contributed by atoms with van der Waals surface area (Å²) in [5.41, 5.74) is 17.0. The van der Waals surface area contributed by atoms with Crippen LogP contribution < -0.4 is 9.80 Å². The van der Waals surface area contributed by atoms with E-state index < -0.39 is 0 Å². The molecule has 0 aliphatic carbocycles. The van der Waals surface area contributed by atoms with Crippen LogP contribution in [0.25, 0.3) is 88.4 Å². The standard InChI is InChI=1S/C76H46N8/c77-47-51-29-35-54(36-30-51)72-67(50-80)73(55-37-31-52(48-78)32-38-55)76(84-69-28-16-14-26-64(69)66-46-62(42-44-71(66)84)82(59-21-9-3-10-22-59)60-23-11-4-12-24-60)74(56-39-33-53(49-79)34-40-56)75(72)83-68-27-15-13-25-63(68)65-45-61(41-43-70(65)83)81(57-17-5-1-6-18-57)58-19-7-2-8-20-58/h1-46H. The summed E-state index contributed by atoms with van der Waals surface area (Å²) in [6, 6.07) is 104. The van der Waals surface area contributed by atoms with Crippen molar-refractivity contribution in [2.24, 2.45) is 0 Å². The Bertz CT molecular complexity index is 4660. The van der Waals surface area contributed by atoms with Crippen molar-refractivity contribution in [3.8, 4) is 69.0 Å². The van der Waals surface area contributed by atoms with Crippen LogP contribution in [-0.4, -0.2) is 9.13 Å². The predicted molar refractivity (Wildman–Crippen MR) is 340 cm³/mol. The molecular weight excluding hydrogens is 1020 g/mol. The normalized spacial score (nSPS) is 11.0. The topological polar surface area (TPSA) is 112 Å². The van der Waals surface area contributed by atoms with Crippen molar-refractivity contribution in [1.29, 1.82) is 21.0 Å². The molecule has 0 atom stereocenters. The van der Waals surface area contributed by atoms with Gasteiger partial charge in [0, 0.05) is 72.4 Å². The molecule has 0 unspecified atom stereocenters. The number of rotatable bonds is 11. The Balaban J connectivity index is 1.17. The lowest BCUT2D eigenvalue weighted by Crippen LogP contribution is -2.11. The second-order valence-corrected chi connectivity index (χ2v) is 20.5. The van der Waals surface area contributed by atoms with Gasteiger partial charge in [-0.25, -0.2) is 0 Å². The van der Waals surface area contributed by atoms with Crippen molar-refractivity contribution in [1.82, 2.24) is 9.13 Å². The lowest BCUT2D eigenvalue weighted by molar-refractivity contribution is 1.13. The van der Waals surface area contributed by atoms with E-state index in [-0.39, 0.29) is 0 Å². The fourth-order valence-corrected chi connectivity index (χ4v) is 12.1. The highest BCUT2D eigenvalue weighted by atomic mass is 15.1. The highest BCUT2D eigenvalue weighted by molar-refractivity contribution is 6.16. The number of para-hydroxylation sites is 6. The van der Waals surface area contributed by atoms with Crippen molar-refractivity contribution in [2.45, 2.75) is 0 Å². The Morgan fingerprint density at radius 2 is 0.548 bits per heavy atom. The third kappa shape index (κ3) is 8.44. The molecule has 0 fully saturated rings. The molecule has 84 heavy (non-hydrogen) atoms. The number of hydrogen-bond donors (Lipinski definition) is 0. The van der Waals surface area contributed by atoms with Crippen LogP contribution >= 0.6 is 0 Å². The van der Waals surface area contributed by atoms with Crippen molar-refractivity contribution >= 4 is 77.7 Å². The molecule has 0 radical (unpaired) electrons. The highest BCUT2D eigenvalue weighted by Gasteiger charge is 2.33. The van der Waals surface area contributed by atoms with Gasteiger partial charge in [-0.1, -0.05) is 146 Å². The smallest absolute Gasteiger partial charge is 0.101 e. The van der Waals surface area contributed by atoms with Gasteiger partial charge in [0.25, 0.3) is 0 Å². The third-order valence-corrected chi connectivity index (χ3v) is 15.8. The molecule has 0 aliphatic heterocycles. The Labute approximate surface area is 485 Å². The zero-order chi connectivity index (χ0) is 56.7. The predicted octanol–water partition coefficient (Wildman–Crippen LogP) is 19.3. The van der Waals surface area contributed by atoms with E-state index in [0.29, 0.717) is 44.5 Å². The zero-order valence-corrected chi connectivity index (χ0v) is 45.1. The molecule has 2 aromatic heterocycles. The molecule has 8 nitrogen and oxygen atoms in total. The zero-order valence-electron chi connectivity index (χ0n) is 45.1. The van der Waals surface area contributed by atoms with Crippen LogP contribution in [0.2, 0.25) is 0 Å². The van der Waals surface area contributed by atoms with Crippen LogP contribution in [0, 0.1) is 45.3 Å². The number of fused-ring (bicyclic) bond motifs is 6. The molecule has 14 aromatic rings. The summed E-state index contributed by atoms with van der Waals surface area (Å²) in [6.45, 7) is 0. The lowest BCUT2D eigenvalue weighted by atomic mass is 9.83. The minimum Gasteiger partial charge on any atom is -0.310 e. The molecule has 0 saturated carbocycles. The maximum Gasteiger partial charge on any atom is 0.101 e. The van der Waals surface area contributed by atoms with Crippen molar-refractivity contribution in [3.63, 3.8) is 0 Å². The number of nitriles is 4. The summed E-state index contributed by atoms with van der Waals surface area (Å²) >= 11 is 0. The average molecular weight is 1070 g/mol. The van der Waals surface area contributed by atoms with Crippen LogP contribution in [0.5, 0.6) is 0 Å². The summed E-state index contributed by atoms with van der Waals surface area (Å²) < 4.78 is 4.61. The Hall–Kier alpha value is -12.2. The van der Waals surface area contributed by atoms with Crippen molar-refractivity contribution < 1.29 is 0 Å². The van der Waals surface area contributed by atoms with E-state index in [2.05, 4.69) is 225 Å². The quantitative estimate of drug-likeness (QED) is 0.128. The van der Waals surface area contributed by atoms with Crippen LogP contribution in [0.1, 0.15) is 22.3 Å². The summed E-state index contributed by atoms with van der Waals surface area (Å²) in [4.78, 5) is 4.53. The Kier molecular flexibility index (Phi) is 12.6. The first-order valence-electron chi connectivity index (χ1n) is 27.6. The monoisotopic (exact) mass is 1070 g/mol. The SMILES string of the molecule is N#Cc1ccc(-c2c(C#N)c(-c3ccc(C#N)cc3)c(-n3c4ccccc4c4cc(N(c5ccccc5)c5ccccc5)ccc43)c(-c3ccc(C#N)cc3)c2-n2c3ccccc3c3cc(N(c4ccccc4)c4ccccc4)ccc32)cc1. The molecule has 0 spiro atoms. The van der Waals surface area contributed by atoms with E-state index in [1.54, 1.807) is 24.3 Å². The first kappa shape index (κ1) is 50.0. The molecule has 0 N–H and O–H groups in total. The molecule has 12 aromatic carbocycles. The number of hydrogen-bond acceptors (Lipinski definition) is 6. The fourth-order valence-electron chi connectivity index (χ4n) is 12.1. The molecule has 0 bridgehead atoms. The van der Waals surface area contributed by atoms with Gasteiger partial charge < -0.3 is 18.9 Å². The van der Waals surface area contributed by atoms with Gasteiger partial charge in [0.05, 0.1) is 73.9 Å². The number of nitrogens with zero attached hydrogens (tertiary/aromatic N) is 8. The van der Waals surface area contributed by atoms with Crippen LogP contribution in [-0.2, 0) is 0 Å². The molecule has 0 aliphatic rings. The van der Waals surface area contributed by atoms with Gasteiger partial charge in [0.1, 0.15) is 6.07 Å². The van der Waals surface area contributed by atoms with E-state index in [4.69, 9.17) is 0 Å². The number of aromatic nitrogens is 2. The van der Waals surface area contributed by atoms with Gasteiger partial charge in [-0.15, -0.1) is 0 Å². The maximum absolute atomic E-state index is 12.4. The minimum atomic E-state index is 0.385.